The minimum Gasteiger partial charge on any atom is -0.358 e. The van der Waals surface area contributed by atoms with Gasteiger partial charge in [0.1, 0.15) is 0 Å². The molecule has 0 bridgehead atoms. The summed E-state index contributed by atoms with van der Waals surface area (Å²) < 4.78 is 0. The molecule has 0 aliphatic rings. The summed E-state index contributed by atoms with van der Waals surface area (Å²) in [7, 11) is 0. The summed E-state index contributed by atoms with van der Waals surface area (Å²) in [6, 6.07) is 11.0. The van der Waals surface area contributed by atoms with E-state index >= 15 is 0 Å². The summed E-state index contributed by atoms with van der Waals surface area (Å²) in [5.41, 5.74) is 1.38. The first-order chi connectivity index (χ1) is 3.93. The molecule has 0 aliphatic heterocycles. The Balaban J connectivity index is -0.000000213. The third-order valence-electron chi connectivity index (χ3n) is 1.20. The molecule has 0 saturated carbocycles. The van der Waals surface area contributed by atoms with Crippen LogP contribution in [0.5, 0.6) is 0 Å². The molecule has 0 saturated heterocycles. The van der Waals surface area contributed by atoms with Gasteiger partial charge in [0.25, 0.3) is 0 Å². The van der Waals surface area contributed by atoms with Crippen molar-refractivity contribution in [2.75, 3.05) is 0 Å². The van der Waals surface area contributed by atoms with Crippen LogP contribution in [-0.2, 0) is 25.0 Å². The monoisotopic (exact) mass is 210 g/mol. The molecule has 0 aliphatic carbocycles. The van der Waals surface area contributed by atoms with Gasteiger partial charge >= 0.3 is 51.4 Å². The van der Waals surface area contributed by atoms with E-state index in [0.29, 0.717) is 0 Å². The minimum absolute atomic E-state index is 0. The van der Waals surface area contributed by atoms with Crippen LogP contribution >= 0.6 is 0 Å². The summed E-state index contributed by atoms with van der Waals surface area (Å²) >= 11 is 0. The van der Waals surface area contributed by atoms with Crippen LogP contribution in [0.2, 0.25) is 0 Å². The number of aryl methyl sites for hydroxylation is 1. The Hall–Kier alpha value is 1.44. The second-order valence-electron chi connectivity index (χ2n) is 1.76. The second kappa shape index (κ2) is 11.4. The molecule has 0 heterocycles. The molecule has 0 amide bonds. The third kappa shape index (κ3) is 7.79. The summed E-state index contributed by atoms with van der Waals surface area (Å²) in [6.45, 7) is 2.15. The molecule has 2 heteroatoms. The molecule has 0 aromatic heterocycles. The predicted octanol–water partition coefficient (Wildman–Crippen LogP) is -0.499. The Bertz CT molecular complexity index is 151. The normalized spacial score (nSPS) is 6.64. The standard InChI is InChI=1S/C8H9.CH3.K.V/c1-2-8-6-4-3-5-7-8;;;/h4-7H,2H2,1H3;1H3;;/q2*-1;+1;. The van der Waals surface area contributed by atoms with Crippen molar-refractivity contribution in [1.29, 1.82) is 0 Å². The van der Waals surface area contributed by atoms with Crippen LogP contribution in [0.3, 0.4) is 0 Å². The molecule has 1 aromatic carbocycles. The van der Waals surface area contributed by atoms with Crippen LogP contribution in [0, 0.1) is 13.5 Å². The second-order valence-corrected chi connectivity index (χ2v) is 1.76. The largest absolute Gasteiger partial charge is 1.00 e. The zero-order valence-electron chi connectivity index (χ0n) is 7.46. The van der Waals surface area contributed by atoms with E-state index < -0.39 is 0 Å². The van der Waals surface area contributed by atoms with Crippen molar-refractivity contribution < 1.29 is 69.9 Å². The SMILES string of the molecule is CCc1cc[c-]cc1.[CH3-].[K+].[V]. The summed E-state index contributed by atoms with van der Waals surface area (Å²) in [6.07, 6.45) is 1.12. The molecule has 0 N–H and O–H groups in total. The third-order valence-corrected chi connectivity index (χ3v) is 1.20. The zero-order chi connectivity index (χ0) is 5.82. The Morgan fingerprint density at radius 3 is 2.00 bits per heavy atom. The van der Waals surface area contributed by atoms with E-state index in [4.69, 9.17) is 0 Å². The molecule has 0 atom stereocenters. The fourth-order valence-corrected chi connectivity index (χ4v) is 0.657. The average Bonchev–Trinajstić information content (AvgIpc) is 1.90. The van der Waals surface area contributed by atoms with Crippen molar-refractivity contribution in [3.63, 3.8) is 0 Å². The van der Waals surface area contributed by atoms with Crippen molar-refractivity contribution in [2.45, 2.75) is 13.3 Å². The Kier molecular flexibility index (Phi) is 19.0. The Labute approximate surface area is 124 Å². The number of benzene rings is 1. The first-order valence-electron chi connectivity index (χ1n) is 2.88. The maximum Gasteiger partial charge on any atom is 1.00 e. The van der Waals surface area contributed by atoms with Gasteiger partial charge in [-0.15, -0.1) is 0 Å². The molecular weight excluding hydrogens is 198 g/mol. The van der Waals surface area contributed by atoms with Gasteiger partial charge in [0.05, 0.1) is 0 Å². The van der Waals surface area contributed by atoms with Crippen LogP contribution in [0.4, 0.5) is 0 Å². The maximum atomic E-state index is 2.97. The van der Waals surface area contributed by atoms with E-state index in [2.05, 4.69) is 25.1 Å². The smallest absolute Gasteiger partial charge is 0.358 e. The molecule has 0 spiro atoms. The Morgan fingerprint density at radius 2 is 1.73 bits per heavy atom. The molecule has 0 nitrogen and oxygen atoms in total. The molecular formula is C9H12KV-. The topological polar surface area (TPSA) is 0 Å². The van der Waals surface area contributed by atoms with Gasteiger partial charge in [0.15, 0.2) is 0 Å². The van der Waals surface area contributed by atoms with E-state index in [1.807, 2.05) is 12.1 Å². The Morgan fingerprint density at radius 1 is 1.27 bits per heavy atom. The van der Waals surface area contributed by atoms with Crippen molar-refractivity contribution >= 4 is 0 Å². The van der Waals surface area contributed by atoms with Crippen LogP contribution in [-0.4, -0.2) is 0 Å². The minimum atomic E-state index is 0. The van der Waals surface area contributed by atoms with Crippen LogP contribution in [0.1, 0.15) is 12.5 Å². The van der Waals surface area contributed by atoms with Gasteiger partial charge in [-0.3, -0.25) is 0 Å². The maximum absolute atomic E-state index is 2.97. The number of hydrogen-bond donors (Lipinski definition) is 0. The first-order valence-corrected chi connectivity index (χ1v) is 2.88. The van der Waals surface area contributed by atoms with Gasteiger partial charge in [0, 0.05) is 18.6 Å². The summed E-state index contributed by atoms with van der Waals surface area (Å²) in [5, 5.41) is 0. The van der Waals surface area contributed by atoms with Crippen molar-refractivity contribution in [3.05, 3.63) is 43.3 Å². The molecule has 1 radical (unpaired) electrons. The molecule has 1 rings (SSSR count). The molecule has 0 unspecified atom stereocenters. The van der Waals surface area contributed by atoms with E-state index in [9.17, 15) is 0 Å². The van der Waals surface area contributed by atoms with E-state index in [-0.39, 0.29) is 77.4 Å². The van der Waals surface area contributed by atoms with E-state index in [0.717, 1.165) is 6.42 Å². The van der Waals surface area contributed by atoms with Gasteiger partial charge in [-0.05, 0) is 0 Å². The van der Waals surface area contributed by atoms with Crippen molar-refractivity contribution in [3.8, 4) is 0 Å². The quantitative estimate of drug-likeness (QED) is 0.433. The van der Waals surface area contributed by atoms with Crippen LogP contribution < -0.4 is 51.4 Å². The summed E-state index contributed by atoms with van der Waals surface area (Å²) in [4.78, 5) is 0. The van der Waals surface area contributed by atoms with E-state index in [1.165, 1.54) is 5.56 Å². The van der Waals surface area contributed by atoms with E-state index in [1.54, 1.807) is 0 Å². The summed E-state index contributed by atoms with van der Waals surface area (Å²) in [5.74, 6) is 0. The van der Waals surface area contributed by atoms with Crippen molar-refractivity contribution in [2.24, 2.45) is 0 Å². The predicted molar refractivity (Wildman–Crippen MR) is 41.1 cm³/mol. The van der Waals surface area contributed by atoms with Gasteiger partial charge < -0.3 is 7.43 Å². The molecule has 11 heavy (non-hydrogen) atoms. The van der Waals surface area contributed by atoms with Crippen LogP contribution in [0.25, 0.3) is 0 Å². The first kappa shape index (κ1) is 18.3. The van der Waals surface area contributed by atoms with Gasteiger partial charge in [-0.2, -0.15) is 35.9 Å². The fourth-order valence-electron chi connectivity index (χ4n) is 0.657. The van der Waals surface area contributed by atoms with Crippen LogP contribution in [0.15, 0.2) is 24.3 Å². The average molecular weight is 210 g/mol. The molecule has 1 aromatic rings. The number of hydrogen-bond acceptors (Lipinski definition) is 0. The van der Waals surface area contributed by atoms with Crippen molar-refractivity contribution in [1.82, 2.24) is 0 Å². The fraction of sp³-hybridized carbons (Fsp3) is 0.222. The molecule has 55 valence electrons. The van der Waals surface area contributed by atoms with Gasteiger partial charge in [-0.1, -0.05) is 13.3 Å². The van der Waals surface area contributed by atoms with Gasteiger partial charge in [-0.25, -0.2) is 0 Å². The van der Waals surface area contributed by atoms with Gasteiger partial charge in [0.2, 0.25) is 0 Å². The number of rotatable bonds is 1. The molecule has 0 fully saturated rings. The zero-order valence-corrected chi connectivity index (χ0v) is 12.0.